The second-order valence-electron chi connectivity index (χ2n) is 6.64. The number of benzene rings is 2. The van der Waals surface area contributed by atoms with Gasteiger partial charge >= 0.3 is 0 Å². The molecule has 1 amide bonds. The molecule has 2 aromatic carbocycles. The number of carbonyl (C=O) groups is 1. The molecule has 2 rings (SSSR count). The minimum atomic E-state index is -0.0364. The zero-order chi connectivity index (χ0) is 20.7. The number of aryl methyl sites for hydroxylation is 1. The first-order valence-electron chi connectivity index (χ1n) is 8.94. The van der Waals surface area contributed by atoms with Gasteiger partial charge in [-0.2, -0.15) is 0 Å². The molecule has 152 valence electrons. The molecule has 0 saturated carbocycles. The molecule has 7 heteroatoms. The smallest absolute Gasteiger partial charge is 0.234 e. The highest BCUT2D eigenvalue weighted by Crippen LogP contribution is 2.30. The predicted molar refractivity (Wildman–Crippen MR) is 114 cm³/mol. The van der Waals surface area contributed by atoms with Crippen LogP contribution in [0, 0.1) is 6.92 Å². The number of carbonyl (C=O) groups excluding carboxylic acids is 1. The Morgan fingerprint density at radius 1 is 1.07 bits per heavy atom. The Morgan fingerprint density at radius 3 is 2.39 bits per heavy atom. The summed E-state index contributed by atoms with van der Waals surface area (Å²) in [7, 11) is 5.14. The molecule has 0 saturated heterocycles. The fourth-order valence-corrected chi connectivity index (χ4v) is 3.40. The van der Waals surface area contributed by atoms with Gasteiger partial charge in [0.25, 0.3) is 0 Å². The van der Waals surface area contributed by atoms with Crippen LogP contribution in [0.4, 0.5) is 0 Å². The predicted octanol–water partition coefficient (Wildman–Crippen LogP) is 4.11. The summed E-state index contributed by atoms with van der Waals surface area (Å²) < 4.78 is 10.7. The van der Waals surface area contributed by atoms with Crippen molar-refractivity contribution >= 4 is 29.1 Å². The summed E-state index contributed by atoms with van der Waals surface area (Å²) in [6.45, 7) is 3.45. The number of hydrogen-bond acceptors (Lipinski definition) is 4. The molecular weight excluding hydrogens is 399 g/mol. The molecule has 0 bridgehead atoms. The molecule has 0 atom stereocenters. The molecule has 0 aliphatic heterocycles. The Morgan fingerprint density at radius 2 is 1.75 bits per heavy atom. The Balaban J connectivity index is 1.85. The average Bonchev–Trinajstić information content (AvgIpc) is 2.64. The van der Waals surface area contributed by atoms with E-state index < -0.39 is 0 Å². The van der Waals surface area contributed by atoms with E-state index in [1.54, 1.807) is 26.4 Å². The lowest BCUT2D eigenvalue weighted by Gasteiger charge is -2.19. The lowest BCUT2D eigenvalue weighted by molar-refractivity contribution is -0.122. The van der Waals surface area contributed by atoms with Gasteiger partial charge < -0.3 is 14.8 Å². The topological polar surface area (TPSA) is 50.8 Å². The van der Waals surface area contributed by atoms with Gasteiger partial charge in [-0.1, -0.05) is 29.3 Å². The van der Waals surface area contributed by atoms with E-state index in [1.165, 1.54) is 0 Å². The molecular formula is C21H26Cl2N2O3. The quantitative estimate of drug-likeness (QED) is 0.657. The first-order chi connectivity index (χ1) is 13.3. The maximum Gasteiger partial charge on any atom is 0.234 e. The molecule has 0 unspecified atom stereocenters. The van der Waals surface area contributed by atoms with E-state index in [2.05, 4.69) is 5.32 Å². The highest BCUT2D eigenvalue weighted by molar-refractivity contribution is 6.35. The Labute approximate surface area is 176 Å². The second-order valence-corrected chi connectivity index (χ2v) is 7.49. The summed E-state index contributed by atoms with van der Waals surface area (Å²) in [5.41, 5.74) is 3.13. The van der Waals surface area contributed by atoms with Crippen LogP contribution >= 0.6 is 23.2 Å². The third kappa shape index (κ3) is 6.30. The van der Waals surface area contributed by atoms with E-state index in [1.807, 2.05) is 37.1 Å². The van der Waals surface area contributed by atoms with Crippen LogP contribution in [0.15, 0.2) is 30.3 Å². The monoisotopic (exact) mass is 424 g/mol. The number of amides is 1. The lowest BCUT2D eigenvalue weighted by atomic mass is 10.1. The molecule has 0 spiro atoms. The molecule has 0 aromatic heterocycles. The van der Waals surface area contributed by atoms with Gasteiger partial charge in [-0.3, -0.25) is 9.69 Å². The maximum absolute atomic E-state index is 12.2. The minimum Gasteiger partial charge on any atom is -0.493 e. The van der Waals surface area contributed by atoms with Crippen molar-refractivity contribution in [2.24, 2.45) is 0 Å². The molecule has 0 heterocycles. The molecule has 0 aliphatic rings. The molecule has 1 N–H and O–H groups in total. The van der Waals surface area contributed by atoms with Crippen molar-refractivity contribution in [3.8, 4) is 11.5 Å². The fourth-order valence-electron chi connectivity index (χ4n) is 2.90. The summed E-state index contributed by atoms with van der Waals surface area (Å²) in [6, 6.07) is 9.27. The van der Waals surface area contributed by atoms with Crippen molar-refractivity contribution in [3.05, 3.63) is 57.1 Å². The van der Waals surface area contributed by atoms with E-state index in [-0.39, 0.29) is 5.91 Å². The van der Waals surface area contributed by atoms with Crippen molar-refractivity contribution in [2.75, 3.05) is 34.4 Å². The van der Waals surface area contributed by atoms with Crippen molar-refractivity contribution in [1.29, 1.82) is 0 Å². The number of likely N-dealkylation sites (N-methyl/N-ethyl adjacent to an activating group) is 1. The van der Waals surface area contributed by atoms with Gasteiger partial charge in [-0.05, 0) is 61.3 Å². The molecule has 0 fully saturated rings. The number of nitrogens with one attached hydrogen (secondary N) is 1. The summed E-state index contributed by atoms with van der Waals surface area (Å²) in [5, 5.41) is 4.14. The molecule has 0 radical (unpaired) electrons. The zero-order valence-electron chi connectivity index (χ0n) is 16.6. The van der Waals surface area contributed by atoms with Gasteiger partial charge in [-0.25, -0.2) is 0 Å². The first-order valence-corrected chi connectivity index (χ1v) is 9.70. The Kier molecular flexibility index (Phi) is 8.42. The van der Waals surface area contributed by atoms with Gasteiger partial charge in [0, 0.05) is 23.1 Å². The van der Waals surface area contributed by atoms with Gasteiger partial charge in [-0.15, -0.1) is 0 Å². The van der Waals surface area contributed by atoms with Crippen LogP contribution in [0.5, 0.6) is 11.5 Å². The van der Waals surface area contributed by atoms with Crippen molar-refractivity contribution < 1.29 is 14.3 Å². The minimum absolute atomic E-state index is 0.0364. The van der Waals surface area contributed by atoms with Crippen LogP contribution in [0.25, 0.3) is 0 Å². The summed E-state index contributed by atoms with van der Waals surface area (Å²) >= 11 is 12.1. The number of rotatable bonds is 9. The van der Waals surface area contributed by atoms with Crippen LogP contribution in [0.1, 0.15) is 16.7 Å². The number of halogens is 2. The van der Waals surface area contributed by atoms with Crippen LogP contribution < -0.4 is 14.8 Å². The van der Waals surface area contributed by atoms with E-state index in [0.717, 1.165) is 16.7 Å². The average molecular weight is 425 g/mol. The lowest BCUT2D eigenvalue weighted by Crippen LogP contribution is -2.36. The summed E-state index contributed by atoms with van der Waals surface area (Å²) in [5.74, 6) is 1.34. The van der Waals surface area contributed by atoms with Crippen molar-refractivity contribution in [2.45, 2.75) is 19.9 Å². The number of nitrogens with zero attached hydrogens (tertiary/aromatic N) is 1. The van der Waals surface area contributed by atoms with E-state index in [0.29, 0.717) is 47.6 Å². The Hall–Kier alpha value is -1.95. The van der Waals surface area contributed by atoms with Crippen LogP contribution in [-0.2, 0) is 17.8 Å². The van der Waals surface area contributed by atoms with Crippen LogP contribution in [-0.4, -0.2) is 45.2 Å². The van der Waals surface area contributed by atoms with E-state index >= 15 is 0 Å². The van der Waals surface area contributed by atoms with Gasteiger partial charge in [0.2, 0.25) is 5.91 Å². The summed E-state index contributed by atoms with van der Waals surface area (Å²) in [6.07, 6.45) is 0.653. The van der Waals surface area contributed by atoms with Crippen molar-refractivity contribution in [1.82, 2.24) is 10.2 Å². The van der Waals surface area contributed by atoms with Gasteiger partial charge in [0.1, 0.15) is 0 Å². The number of ether oxygens (including phenoxy) is 2. The first kappa shape index (κ1) is 22.3. The zero-order valence-corrected chi connectivity index (χ0v) is 18.2. The van der Waals surface area contributed by atoms with Crippen LogP contribution in [0.2, 0.25) is 10.0 Å². The van der Waals surface area contributed by atoms with Crippen molar-refractivity contribution in [3.63, 3.8) is 0 Å². The van der Waals surface area contributed by atoms with Crippen LogP contribution in [0.3, 0.4) is 0 Å². The molecule has 0 aliphatic carbocycles. The third-order valence-electron chi connectivity index (χ3n) is 4.43. The Bertz CT molecular complexity index is 828. The number of hydrogen-bond donors (Lipinski definition) is 1. The number of methoxy groups -OCH3 is 2. The van der Waals surface area contributed by atoms with E-state index in [9.17, 15) is 4.79 Å². The second kappa shape index (κ2) is 10.6. The van der Waals surface area contributed by atoms with Gasteiger partial charge in [0.05, 0.1) is 20.8 Å². The highest BCUT2D eigenvalue weighted by atomic mass is 35.5. The highest BCUT2D eigenvalue weighted by Gasteiger charge is 2.12. The third-order valence-corrected chi connectivity index (χ3v) is 5.01. The maximum atomic E-state index is 12.2. The fraction of sp³-hybridized carbons (Fsp3) is 0.381. The van der Waals surface area contributed by atoms with Gasteiger partial charge in [0.15, 0.2) is 11.5 Å². The molecule has 5 nitrogen and oxygen atoms in total. The van der Waals surface area contributed by atoms with E-state index in [4.69, 9.17) is 32.7 Å². The SMILES string of the molecule is COc1cc(C)c(CN(C)CC(=O)NCCc2ccc(Cl)cc2Cl)cc1OC. The normalized spacial score (nSPS) is 10.8. The summed E-state index contributed by atoms with van der Waals surface area (Å²) in [4.78, 5) is 14.2. The molecule has 2 aromatic rings. The largest absolute Gasteiger partial charge is 0.493 e. The molecule has 28 heavy (non-hydrogen) atoms. The standard InChI is InChI=1S/C21H26Cl2N2O3/c1-14-9-19(27-3)20(28-4)10-16(14)12-25(2)13-21(26)24-8-7-15-5-6-17(22)11-18(15)23/h5-6,9-11H,7-8,12-13H2,1-4H3,(H,24,26).